The molecule has 11 heavy (non-hydrogen) atoms. The molecular formula is C8H17O3+. The lowest BCUT2D eigenvalue weighted by Gasteiger charge is -2.28. The van der Waals surface area contributed by atoms with Crippen LogP contribution in [0.15, 0.2) is 0 Å². The molecule has 0 aromatic heterocycles. The van der Waals surface area contributed by atoms with Crippen LogP contribution in [0.4, 0.5) is 0 Å². The van der Waals surface area contributed by atoms with E-state index in [0.29, 0.717) is 5.92 Å². The molecule has 3 heteroatoms. The maximum absolute atomic E-state index is 9.41. The van der Waals surface area contributed by atoms with Crippen LogP contribution < -0.4 is 0 Å². The van der Waals surface area contributed by atoms with Gasteiger partial charge in [-0.05, 0) is 18.8 Å². The lowest BCUT2D eigenvalue weighted by Crippen LogP contribution is -2.37. The number of aliphatic hydroxyl groups is 4. The van der Waals surface area contributed by atoms with E-state index in [4.69, 9.17) is 5.11 Å². The summed E-state index contributed by atoms with van der Waals surface area (Å²) in [6.07, 6.45) is 2.34. The maximum Gasteiger partial charge on any atom is 0.181 e. The van der Waals surface area contributed by atoms with E-state index in [1.165, 1.54) is 0 Å². The van der Waals surface area contributed by atoms with E-state index in [2.05, 4.69) is 4.74 Å². The van der Waals surface area contributed by atoms with Crippen LogP contribution >= 0.6 is 0 Å². The first kappa shape index (κ1) is 8.97. The maximum atomic E-state index is 9.41. The molecule has 1 aliphatic rings. The second-order valence-electron chi connectivity index (χ2n) is 3.25. The monoisotopic (exact) mass is 161 g/mol. The first-order valence-electron chi connectivity index (χ1n) is 4.15. The Labute approximate surface area is 67.0 Å². The number of hydrogen-bond donors (Lipinski definition) is 2. The van der Waals surface area contributed by atoms with E-state index in [9.17, 15) is 5.11 Å². The van der Waals surface area contributed by atoms with E-state index in [1.807, 2.05) is 0 Å². The van der Waals surface area contributed by atoms with Gasteiger partial charge < -0.3 is 14.9 Å². The van der Waals surface area contributed by atoms with Crippen LogP contribution in [0, 0.1) is 5.92 Å². The van der Waals surface area contributed by atoms with Crippen molar-refractivity contribution in [1.29, 1.82) is 0 Å². The van der Waals surface area contributed by atoms with Gasteiger partial charge in [0.15, 0.2) is 6.10 Å². The molecule has 1 rings (SSSR count). The molecule has 0 bridgehead atoms. The van der Waals surface area contributed by atoms with E-state index in [0.717, 1.165) is 19.3 Å². The van der Waals surface area contributed by atoms with Crippen molar-refractivity contribution in [3.8, 4) is 0 Å². The molecule has 0 saturated heterocycles. The zero-order valence-electron chi connectivity index (χ0n) is 6.90. The summed E-state index contributed by atoms with van der Waals surface area (Å²) in [7, 11) is 1.73. The van der Waals surface area contributed by atoms with Crippen molar-refractivity contribution >= 4 is 0 Å². The van der Waals surface area contributed by atoms with Crippen molar-refractivity contribution < 1.29 is 14.9 Å². The van der Waals surface area contributed by atoms with Crippen molar-refractivity contribution in [2.75, 3.05) is 13.7 Å². The standard InChI is InChI=1S/C8H16O3/c1-11-8-4-6(5-9)2-3-7(8)10/h6-10H,2-5H2,1H3/p+1. The highest BCUT2D eigenvalue weighted by molar-refractivity contribution is 4.79. The highest BCUT2D eigenvalue weighted by Gasteiger charge is 2.31. The minimum absolute atomic E-state index is 0.0564. The third-order valence-electron chi connectivity index (χ3n) is 2.48. The molecule has 3 unspecified atom stereocenters. The Bertz CT molecular complexity index is 116. The lowest BCUT2D eigenvalue weighted by atomic mass is 9.86. The molecule has 0 aliphatic heterocycles. The Morgan fingerprint density at radius 2 is 2.18 bits per heavy atom. The van der Waals surface area contributed by atoms with Crippen LogP contribution in [-0.2, 0) is 0 Å². The zero-order chi connectivity index (χ0) is 8.27. The van der Waals surface area contributed by atoms with Crippen LogP contribution in [0.1, 0.15) is 19.3 Å². The second kappa shape index (κ2) is 4.04. The van der Waals surface area contributed by atoms with Crippen molar-refractivity contribution in [2.45, 2.75) is 31.5 Å². The molecule has 0 aromatic rings. The molecule has 1 saturated carbocycles. The molecule has 3 nitrogen and oxygen atoms in total. The summed E-state index contributed by atoms with van der Waals surface area (Å²) in [6.45, 7) is 0.235. The Morgan fingerprint density at radius 3 is 2.73 bits per heavy atom. The number of ether oxygens (including phenoxy) is 1. The Kier molecular flexibility index (Phi) is 3.30. The van der Waals surface area contributed by atoms with Crippen LogP contribution in [0.3, 0.4) is 0 Å². The highest BCUT2D eigenvalue weighted by Crippen LogP contribution is 2.24. The summed E-state index contributed by atoms with van der Waals surface area (Å²) in [5, 5.41) is 18.3. The predicted octanol–water partition coefficient (Wildman–Crippen LogP) is -0.334. The summed E-state index contributed by atoms with van der Waals surface area (Å²) in [5.41, 5.74) is 0. The summed E-state index contributed by atoms with van der Waals surface area (Å²) < 4.78 is 4.07. The third kappa shape index (κ3) is 2.15. The molecule has 1 aliphatic carbocycles. The van der Waals surface area contributed by atoms with Gasteiger partial charge in [0.25, 0.3) is 0 Å². The van der Waals surface area contributed by atoms with Crippen molar-refractivity contribution in [1.82, 2.24) is 0 Å². The molecule has 0 heterocycles. The summed E-state index contributed by atoms with van der Waals surface area (Å²) >= 11 is 0. The van der Waals surface area contributed by atoms with Gasteiger partial charge in [0.1, 0.15) is 13.2 Å². The molecule has 3 N–H and O–H groups in total. The topological polar surface area (TPSA) is 53.3 Å². The van der Waals surface area contributed by atoms with Gasteiger partial charge in [-0.1, -0.05) is 0 Å². The Balaban J connectivity index is 2.37. The average molecular weight is 161 g/mol. The predicted molar refractivity (Wildman–Crippen MR) is 42.4 cm³/mol. The fourth-order valence-electron chi connectivity index (χ4n) is 1.66. The summed E-state index contributed by atoms with van der Waals surface area (Å²) in [4.78, 5) is 0. The van der Waals surface area contributed by atoms with E-state index < -0.39 is 0 Å². The molecular weight excluding hydrogens is 144 g/mol. The quantitative estimate of drug-likeness (QED) is 0.545. The van der Waals surface area contributed by atoms with Gasteiger partial charge in [-0.15, -0.1) is 0 Å². The van der Waals surface area contributed by atoms with Crippen molar-refractivity contribution in [3.05, 3.63) is 0 Å². The molecule has 0 aromatic carbocycles. The highest BCUT2D eigenvalue weighted by atomic mass is 16.5. The van der Waals surface area contributed by atoms with E-state index in [1.54, 1.807) is 7.11 Å². The van der Waals surface area contributed by atoms with Gasteiger partial charge in [-0.25, -0.2) is 0 Å². The Morgan fingerprint density at radius 1 is 1.45 bits per heavy atom. The van der Waals surface area contributed by atoms with Gasteiger partial charge >= 0.3 is 0 Å². The molecule has 3 atom stereocenters. The largest absolute Gasteiger partial charge is 0.432 e. The molecule has 0 amide bonds. The van der Waals surface area contributed by atoms with E-state index in [-0.39, 0.29) is 18.8 Å². The SMILES string of the molecule is C[OH+]C1CC(CO)CCC1O. The molecule has 0 spiro atoms. The fraction of sp³-hybridized carbons (Fsp3) is 1.00. The summed E-state index contributed by atoms with van der Waals surface area (Å²) in [5.74, 6) is 0.354. The van der Waals surface area contributed by atoms with Crippen LogP contribution in [0.25, 0.3) is 0 Å². The molecule has 66 valence electrons. The lowest BCUT2D eigenvalue weighted by molar-refractivity contribution is -0.148. The Hall–Kier alpha value is -0.120. The van der Waals surface area contributed by atoms with Gasteiger partial charge in [-0.3, -0.25) is 0 Å². The smallest absolute Gasteiger partial charge is 0.181 e. The van der Waals surface area contributed by atoms with Gasteiger partial charge in [0.05, 0.1) is 0 Å². The summed E-state index contributed by atoms with van der Waals surface area (Å²) in [6, 6.07) is 0. The van der Waals surface area contributed by atoms with Crippen LogP contribution in [0.5, 0.6) is 0 Å². The van der Waals surface area contributed by atoms with Gasteiger partial charge in [0, 0.05) is 13.0 Å². The zero-order valence-corrected chi connectivity index (χ0v) is 6.90. The fourth-order valence-corrected chi connectivity index (χ4v) is 1.66. The van der Waals surface area contributed by atoms with Crippen LogP contribution in [-0.4, -0.2) is 40.9 Å². The average Bonchev–Trinajstić information content (AvgIpc) is 2.05. The minimum atomic E-state index is -0.275. The number of rotatable bonds is 2. The van der Waals surface area contributed by atoms with Crippen LogP contribution in [0.2, 0.25) is 0 Å². The second-order valence-corrected chi connectivity index (χ2v) is 3.25. The first-order chi connectivity index (χ1) is 5.27. The third-order valence-corrected chi connectivity index (χ3v) is 2.48. The molecule has 0 radical (unpaired) electrons. The van der Waals surface area contributed by atoms with Crippen molar-refractivity contribution in [3.63, 3.8) is 0 Å². The number of hydrogen-bond acceptors (Lipinski definition) is 2. The normalized spacial score (nSPS) is 39.0. The minimum Gasteiger partial charge on any atom is -0.432 e. The number of aliphatic hydroxyl groups excluding tert-OH is 2. The van der Waals surface area contributed by atoms with Crippen molar-refractivity contribution in [2.24, 2.45) is 5.92 Å². The van der Waals surface area contributed by atoms with E-state index >= 15 is 0 Å². The molecule has 1 fully saturated rings. The van der Waals surface area contributed by atoms with Gasteiger partial charge in [0.2, 0.25) is 0 Å². The van der Waals surface area contributed by atoms with Gasteiger partial charge in [-0.2, -0.15) is 0 Å². The first-order valence-corrected chi connectivity index (χ1v) is 4.15.